The molecule has 0 bridgehead atoms. The van der Waals surface area contributed by atoms with E-state index in [0.717, 1.165) is 36.7 Å². The van der Waals surface area contributed by atoms with E-state index in [1.807, 2.05) is 30.3 Å². The number of hydrogen-bond acceptors (Lipinski definition) is 3. The predicted octanol–water partition coefficient (Wildman–Crippen LogP) is 2.45. The summed E-state index contributed by atoms with van der Waals surface area (Å²) >= 11 is 0. The summed E-state index contributed by atoms with van der Waals surface area (Å²) in [6.45, 7) is 0. The van der Waals surface area contributed by atoms with Crippen LogP contribution in [0.25, 0.3) is 6.08 Å². The second-order valence-corrected chi connectivity index (χ2v) is 5.89. The molecule has 1 aromatic carbocycles. The zero-order valence-corrected chi connectivity index (χ0v) is 10.9. The van der Waals surface area contributed by atoms with Crippen LogP contribution in [0.4, 0.5) is 0 Å². The summed E-state index contributed by atoms with van der Waals surface area (Å²) in [6.07, 6.45) is 5.61. The molecule has 0 aliphatic heterocycles. The van der Waals surface area contributed by atoms with Gasteiger partial charge in [0.1, 0.15) is 0 Å². The third kappa shape index (κ3) is 4.25. The normalized spacial score (nSPS) is 17.6. The third-order valence-electron chi connectivity index (χ3n) is 2.87. The van der Waals surface area contributed by atoms with Crippen LogP contribution < -0.4 is 4.89 Å². The standard InChI is InChI=1S/C13H17NO3S/c15-18(16,14-17-13-8-4-5-9-13)11-10-12-6-2-1-3-7-12/h1-3,6-7,10-11,13-14H,4-5,8-9H2/b11-10+. The summed E-state index contributed by atoms with van der Waals surface area (Å²) in [7, 11) is -3.52. The summed E-state index contributed by atoms with van der Waals surface area (Å²) in [6, 6.07) is 9.27. The van der Waals surface area contributed by atoms with Gasteiger partial charge in [-0.1, -0.05) is 48.1 Å². The van der Waals surface area contributed by atoms with E-state index in [-0.39, 0.29) is 6.10 Å². The maximum absolute atomic E-state index is 11.6. The average Bonchev–Trinajstić information content (AvgIpc) is 2.89. The smallest absolute Gasteiger partial charge is 0.255 e. The van der Waals surface area contributed by atoms with E-state index in [0.29, 0.717) is 0 Å². The van der Waals surface area contributed by atoms with Gasteiger partial charge >= 0.3 is 0 Å². The second kappa shape index (κ2) is 6.13. The molecular weight excluding hydrogens is 250 g/mol. The fraction of sp³-hybridized carbons (Fsp3) is 0.385. The fourth-order valence-electron chi connectivity index (χ4n) is 1.90. The summed E-state index contributed by atoms with van der Waals surface area (Å²) in [5.41, 5.74) is 0.837. The molecule has 1 saturated carbocycles. The quantitative estimate of drug-likeness (QED) is 0.834. The highest BCUT2D eigenvalue weighted by molar-refractivity contribution is 7.92. The van der Waals surface area contributed by atoms with E-state index >= 15 is 0 Å². The molecule has 0 radical (unpaired) electrons. The molecule has 1 N–H and O–H groups in total. The van der Waals surface area contributed by atoms with E-state index in [9.17, 15) is 8.42 Å². The Kier molecular flexibility index (Phi) is 4.52. The van der Waals surface area contributed by atoms with Crippen molar-refractivity contribution in [2.75, 3.05) is 0 Å². The van der Waals surface area contributed by atoms with E-state index in [1.54, 1.807) is 6.08 Å². The summed E-state index contributed by atoms with van der Waals surface area (Å²) in [4.78, 5) is 7.32. The average molecular weight is 267 g/mol. The maximum Gasteiger partial charge on any atom is 0.255 e. The predicted molar refractivity (Wildman–Crippen MR) is 70.9 cm³/mol. The SMILES string of the molecule is O=S(=O)(/C=C/c1ccccc1)NOC1CCCC1. The van der Waals surface area contributed by atoms with Crippen molar-refractivity contribution < 1.29 is 13.3 Å². The molecule has 18 heavy (non-hydrogen) atoms. The van der Waals surface area contributed by atoms with Crippen molar-refractivity contribution in [3.8, 4) is 0 Å². The third-order valence-corrected chi connectivity index (χ3v) is 3.70. The molecule has 0 amide bonds. The number of nitrogens with one attached hydrogen (secondary N) is 1. The molecule has 1 aliphatic rings. The Hall–Kier alpha value is -1.17. The molecule has 0 saturated heterocycles. The monoisotopic (exact) mass is 267 g/mol. The van der Waals surface area contributed by atoms with Crippen molar-refractivity contribution in [3.05, 3.63) is 41.3 Å². The molecule has 0 unspecified atom stereocenters. The van der Waals surface area contributed by atoms with Crippen molar-refractivity contribution in [1.82, 2.24) is 4.89 Å². The number of hydrogen-bond donors (Lipinski definition) is 1. The summed E-state index contributed by atoms with van der Waals surface area (Å²) < 4.78 is 23.3. The van der Waals surface area contributed by atoms with Gasteiger partial charge in [0.2, 0.25) is 0 Å². The highest BCUT2D eigenvalue weighted by Crippen LogP contribution is 2.20. The Morgan fingerprint density at radius 1 is 1.17 bits per heavy atom. The molecule has 2 rings (SSSR count). The molecule has 5 heteroatoms. The van der Waals surface area contributed by atoms with Crippen LogP contribution in [0.3, 0.4) is 0 Å². The topological polar surface area (TPSA) is 55.4 Å². The molecule has 1 aliphatic carbocycles. The molecule has 0 atom stereocenters. The molecule has 1 fully saturated rings. The Morgan fingerprint density at radius 2 is 1.83 bits per heavy atom. The maximum atomic E-state index is 11.6. The lowest BCUT2D eigenvalue weighted by Gasteiger charge is -2.09. The van der Waals surface area contributed by atoms with Crippen molar-refractivity contribution in [2.24, 2.45) is 0 Å². The Balaban J connectivity index is 1.88. The van der Waals surface area contributed by atoms with Crippen molar-refractivity contribution in [3.63, 3.8) is 0 Å². The molecule has 0 heterocycles. The van der Waals surface area contributed by atoms with Crippen LogP contribution in [0.5, 0.6) is 0 Å². The lowest BCUT2D eigenvalue weighted by Crippen LogP contribution is -2.26. The first-order chi connectivity index (χ1) is 8.66. The molecule has 4 nitrogen and oxygen atoms in total. The first-order valence-electron chi connectivity index (χ1n) is 6.06. The first kappa shape index (κ1) is 13.3. The highest BCUT2D eigenvalue weighted by Gasteiger charge is 2.17. The van der Waals surface area contributed by atoms with Crippen LogP contribution in [0.2, 0.25) is 0 Å². The van der Waals surface area contributed by atoms with Crippen LogP contribution in [0, 0.1) is 0 Å². The second-order valence-electron chi connectivity index (χ2n) is 4.37. The van der Waals surface area contributed by atoms with Crippen LogP contribution in [-0.2, 0) is 14.9 Å². The van der Waals surface area contributed by atoms with Crippen molar-refractivity contribution in [1.29, 1.82) is 0 Å². The van der Waals surface area contributed by atoms with Gasteiger partial charge in [-0.25, -0.2) is 8.42 Å². The minimum absolute atomic E-state index is 0.0184. The van der Waals surface area contributed by atoms with Crippen molar-refractivity contribution >= 4 is 16.1 Å². The molecule has 0 aromatic heterocycles. The van der Waals surface area contributed by atoms with E-state index in [4.69, 9.17) is 4.84 Å². The largest absolute Gasteiger partial charge is 0.284 e. The molecular formula is C13H17NO3S. The number of sulfonamides is 1. The Labute approximate surface area is 108 Å². The zero-order chi connectivity index (χ0) is 12.8. The minimum Gasteiger partial charge on any atom is -0.284 e. The molecule has 1 aromatic rings. The van der Waals surface area contributed by atoms with Gasteiger partial charge < -0.3 is 0 Å². The van der Waals surface area contributed by atoms with Gasteiger partial charge in [0, 0.05) is 5.41 Å². The molecule has 0 spiro atoms. The number of benzene rings is 1. The van der Waals surface area contributed by atoms with Gasteiger partial charge in [0.25, 0.3) is 10.0 Å². The molecule has 98 valence electrons. The van der Waals surface area contributed by atoms with E-state index in [1.165, 1.54) is 0 Å². The van der Waals surface area contributed by atoms with Gasteiger partial charge in [-0.2, -0.15) is 0 Å². The van der Waals surface area contributed by atoms with Crippen LogP contribution >= 0.6 is 0 Å². The van der Waals surface area contributed by atoms with Crippen LogP contribution in [0.1, 0.15) is 31.2 Å². The number of rotatable bonds is 5. The lowest BCUT2D eigenvalue weighted by atomic mass is 10.2. The van der Waals surface area contributed by atoms with Crippen LogP contribution in [-0.4, -0.2) is 14.5 Å². The van der Waals surface area contributed by atoms with E-state index < -0.39 is 10.0 Å². The van der Waals surface area contributed by atoms with Crippen LogP contribution in [0.15, 0.2) is 35.7 Å². The van der Waals surface area contributed by atoms with E-state index in [2.05, 4.69) is 4.89 Å². The van der Waals surface area contributed by atoms with Gasteiger partial charge in [0.15, 0.2) is 0 Å². The van der Waals surface area contributed by atoms with Gasteiger partial charge in [0.05, 0.1) is 6.10 Å². The minimum atomic E-state index is -3.52. The van der Waals surface area contributed by atoms with Gasteiger partial charge in [-0.05, 0) is 24.5 Å². The fourth-order valence-corrected chi connectivity index (χ4v) is 2.56. The van der Waals surface area contributed by atoms with Crippen molar-refractivity contribution in [2.45, 2.75) is 31.8 Å². The summed E-state index contributed by atoms with van der Waals surface area (Å²) in [5.74, 6) is 0. The Bertz CT molecular complexity index is 490. The van der Waals surface area contributed by atoms with Gasteiger partial charge in [-0.15, -0.1) is 0 Å². The zero-order valence-electron chi connectivity index (χ0n) is 10.1. The van der Waals surface area contributed by atoms with Gasteiger partial charge in [-0.3, -0.25) is 4.84 Å². The Morgan fingerprint density at radius 3 is 2.50 bits per heavy atom. The highest BCUT2D eigenvalue weighted by atomic mass is 32.2. The lowest BCUT2D eigenvalue weighted by molar-refractivity contribution is 0.0230. The summed E-state index contributed by atoms with van der Waals surface area (Å²) in [5, 5.41) is 1.12. The first-order valence-corrected chi connectivity index (χ1v) is 7.61.